The molecule has 0 amide bonds. The van der Waals surface area contributed by atoms with Crippen molar-refractivity contribution < 1.29 is 13.9 Å². The van der Waals surface area contributed by atoms with Crippen molar-refractivity contribution >= 4 is 29.2 Å². The molecule has 0 N–H and O–H groups in total. The summed E-state index contributed by atoms with van der Waals surface area (Å²) in [6.07, 6.45) is 0. The quantitative estimate of drug-likeness (QED) is 0.484. The maximum Gasteiger partial charge on any atom is 0.366 e. The van der Waals surface area contributed by atoms with Gasteiger partial charge in [-0.15, -0.1) is 0 Å². The Balaban J connectivity index is 1.87. The molecule has 0 unspecified atom stereocenters. The number of esters is 1. The Labute approximate surface area is 142 Å². The molecule has 1 aromatic heterocycles. The van der Waals surface area contributed by atoms with Crippen LogP contribution in [0.15, 0.2) is 52.9 Å². The van der Waals surface area contributed by atoms with Gasteiger partial charge in [-0.05, 0) is 37.3 Å². The van der Waals surface area contributed by atoms with Crippen LogP contribution in [0.5, 0.6) is 5.75 Å². The molecule has 2 aromatic carbocycles. The van der Waals surface area contributed by atoms with E-state index in [9.17, 15) is 4.79 Å². The predicted molar refractivity (Wildman–Crippen MR) is 88.1 cm³/mol. The zero-order valence-corrected chi connectivity index (χ0v) is 13.6. The first-order chi connectivity index (χ1) is 11.0. The third kappa shape index (κ3) is 3.38. The minimum absolute atomic E-state index is 0.106. The Hall–Kier alpha value is -2.30. The number of ether oxygens (including phenoxy) is 1. The Bertz CT molecular complexity index is 860. The highest BCUT2D eigenvalue weighted by Gasteiger charge is 2.21. The van der Waals surface area contributed by atoms with Gasteiger partial charge in [0.1, 0.15) is 11.5 Å². The van der Waals surface area contributed by atoms with Gasteiger partial charge in [-0.3, -0.25) is 0 Å². The number of nitrogens with zero attached hydrogens (tertiary/aromatic N) is 1. The van der Waals surface area contributed by atoms with Crippen LogP contribution in [-0.4, -0.2) is 11.0 Å². The van der Waals surface area contributed by atoms with Crippen LogP contribution in [-0.2, 0) is 0 Å². The van der Waals surface area contributed by atoms with Crippen LogP contribution in [0, 0.1) is 6.92 Å². The minimum atomic E-state index is -0.641. The molecule has 3 rings (SSSR count). The van der Waals surface area contributed by atoms with Crippen LogP contribution in [0.2, 0.25) is 10.0 Å². The maximum atomic E-state index is 12.3. The molecule has 1 heterocycles. The molecule has 0 atom stereocenters. The molecule has 23 heavy (non-hydrogen) atoms. The van der Waals surface area contributed by atoms with Gasteiger partial charge in [-0.1, -0.05) is 41.4 Å². The lowest BCUT2D eigenvalue weighted by Gasteiger charge is -2.04. The summed E-state index contributed by atoms with van der Waals surface area (Å²) in [6, 6.07) is 13.9. The Morgan fingerprint density at radius 2 is 1.87 bits per heavy atom. The average Bonchev–Trinajstić information content (AvgIpc) is 2.93. The fraction of sp³-hybridized carbons (Fsp3) is 0.0588. The average molecular weight is 348 g/mol. The molecule has 0 fully saturated rings. The summed E-state index contributed by atoms with van der Waals surface area (Å²) in [7, 11) is 0. The van der Waals surface area contributed by atoms with E-state index in [1.54, 1.807) is 13.0 Å². The van der Waals surface area contributed by atoms with Gasteiger partial charge in [0.2, 0.25) is 5.89 Å². The summed E-state index contributed by atoms with van der Waals surface area (Å²) in [5, 5.41) is 0.703. The van der Waals surface area contributed by atoms with Crippen molar-refractivity contribution in [3.05, 3.63) is 70.0 Å². The van der Waals surface area contributed by atoms with E-state index < -0.39 is 5.97 Å². The van der Waals surface area contributed by atoms with Gasteiger partial charge < -0.3 is 9.15 Å². The van der Waals surface area contributed by atoms with E-state index in [0.717, 1.165) is 5.56 Å². The Kier molecular flexibility index (Phi) is 4.37. The predicted octanol–water partition coefficient (Wildman–Crippen LogP) is 5.18. The molecule has 6 heteroatoms. The minimum Gasteiger partial charge on any atom is -0.441 e. The number of aryl methyl sites for hydroxylation is 1. The molecule has 0 spiro atoms. The molecule has 0 radical (unpaired) electrons. The van der Waals surface area contributed by atoms with Crippen molar-refractivity contribution in [2.75, 3.05) is 0 Å². The standard InChI is InChI=1S/C17H11Cl2NO3/c1-10-15(20-16(22-10)11-5-3-2-4-6-11)17(21)23-14-8-7-12(18)9-13(14)19/h2-9H,1H3. The fourth-order valence-electron chi connectivity index (χ4n) is 2.00. The lowest BCUT2D eigenvalue weighted by molar-refractivity contribution is 0.0727. The highest BCUT2D eigenvalue weighted by atomic mass is 35.5. The van der Waals surface area contributed by atoms with E-state index in [0.29, 0.717) is 16.7 Å². The second-order valence-electron chi connectivity index (χ2n) is 4.75. The van der Waals surface area contributed by atoms with Gasteiger partial charge in [0.15, 0.2) is 5.69 Å². The largest absolute Gasteiger partial charge is 0.441 e. The summed E-state index contributed by atoms with van der Waals surface area (Å²) in [4.78, 5) is 16.5. The molecule has 0 aliphatic rings. The zero-order valence-electron chi connectivity index (χ0n) is 12.0. The third-order valence-corrected chi connectivity index (χ3v) is 3.64. The molecule has 0 saturated carbocycles. The lowest BCUT2D eigenvalue weighted by Crippen LogP contribution is -2.10. The van der Waals surface area contributed by atoms with Crippen molar-refractivity contribution in [1.29, 1.82) is 0 Å². The number of carbonyl (C=O) groups is 1. The van der Waals surface area contributed by atoms with E-state index in [4.69, 9.17) is 32.4 Å². The molecular weight excluding hydrogens is 337 g/mol. The van der Waals surface area contributed by atoms with Gasteiger partial charge in [0, 0.05) is 10.6 Å². The van der Waals surface area contributed by atoms with E-state index in [1.807, 2.05) is 30.3 Å². The molecule has 0 bridgehead atoms. The van der Waals surface area contributed by atoms with Gasteiger partial charge >= 0.3 is 5.97 Å². The van der Waals surface area contributed by atoms with Crippen LogP contribution in [0.4, 0.5) is 0 Å². The number of benzene rings is 2. The van der Waals surface area contributed by atoms with Gasteiger partial charge in [-0.2, -0.15) is 0 Å². The molecule has 116 valence electrons. The summed E-state index contributed by atoms with van der Waals surface area (Å²) in [5.41, 5.74) is 0.883. The third-order valence-electron chi connectivity index (χ3n) is 3.11. The van der Waals surface area contributed by atoms with E-state index in [2.05, 4.69) is 4.98 Å². The normalized spacial score (nSPS) is 10.6. The van der Waals surface area contributed by atoms with Crippen molar-refractivity contribution in [3.8, 4) is 17.2 Å². The van der Waals surface area contributed by atoms with Crippen molar-refractivity contribution in [3.63, 3.8) is 0 Å². The van der Waals surface area contributed by atoms with Gasteiger partial charge in [0.05, 0.1) is 5.02 Å². The van der Waals surface area contributed by atoms with Crippen LogP contribution in [0.1, 0.15) is 16.2 Å². The topological polar surface area (TPSA) is 52.3 Å². The van der Waals surface area contributed by atoms with Crippen molar-refractivity contribution in [1.82, 2.24) is 4.98 Å². The number of hydrogen-bond acceptors (Lipinski definition) is 4. The molecule has 0 aliphatic heterocycles. The first kappa shape index (κ1) is 15.6. The second-order valence-corrected chi connectivity index (χ2v) is 5.60. The number of halogens is 2. The molecule has 3 aromatic rings. The molecule has 0 aliphatic carbocycles. The van der Waals surface area contributed by atoms with Gasteiger partial charge in [0.25, 0.3) is 0 Å². The smallest absolute Gasteiger partial charge is 0.366 e. The molecule has 0 saturated heterocycles. The van der Waals surface area contributed by atoms with Crippen LogP contribution in [0.25, 0.3) is 11.5 Å². The number of aromatic nitrogens is 1. The lowest BCUT2D eigenvalue weighted by atomic mass is 10.2. The Morgan fingerprint density at radius 3 is 2.57 bits per heavy atom. The van der Waals surface area contributed by atoms with E-state index >= 15 is 0 Å². The van der Waals surface area contributed by atoms with E-state index in [1.165, 1.54) is 12.1 Å². The maximum absolute atomic E-state index is 12.3. The SMILES string of the molecule is Cc1oc(-c2ccccc2)nc1C(=O)Oc1ccc(Cl)cc1Cl. The summed E-state index contributed by atoms with van der Waals surface area (Å²) < 4.78 is 10.8. The van der Waals surface area contributed by atoms with Crippen LogP contribution in [0.3, 0.4) is 0 Å². The second kappa shape index (κ2) is 6.44. The summed E-state index contributed by atoms with van der Waals surface area (Å²) in [5.74, 6) is 0.304. The number of oxazole rings is 1. The summed E-state index contributed by atoms with van der Waals surface area (Å²) >= 11 is 11.8. The van der Waals surface area contributed by atoms with Gasteiger partial charge in [-0.25, -0.2) is 9.78 Å². The first-order valence-corrected chi connectivity index (χ1v) is 7.50. The van der Waals surface area contributed by atoms with Crippen LogP contribution < -0.4 is 4.74 Å². The monoisotopic (exact) mass is 347 g/mol. The molecule has 4 nitrogen and oxygen atoms in total. The number of carbonyl (C=O) groups excluding carboxylic acids is 1. The summed E-state index contributed by atoms with van der Waals surface area (Å²) in [6.45, 7) is 1.65. The van der Waals surface area contributed by atoms with Crippen molar-refractivity contribution in [2.24, 2.45) is 0 Å². The highest BCUT2D eigenvalue weighted by molar-refractivity contribution is 6.35. The van der Waals surface area contributed by atoms with Crippen molar-refractivity contribution in [2.45, 2.75) is 6.92 Å². The Morgan fingerprint density at radius 1 is 1.13 bits per heavy atom. The number of rotatable bonds is 3. The first-order valence-electron chi connectivity index (χ1n) is 6.74. The highest BCUT2D eigenvalue weighted by Crippen LogP contribution is 2.29. The molecular formula is C17H11Cl2NO3. The zero-order chi connectivity index (χ0) is 16.4. The van der Waals surface area contributed by atoms with Crippen LogP contribution >= 0.6 is 23.2 Å². The fourth-order valence-corrected chi connectivity index (χ4v) is 2.44. The number of hydrogen-bond donors (Lipinski definition) is 0. The van der Waals surface area contributed by atoms with E-state index in [-0.39, 0.29) is 16.5 Å².